The third kappa shape index (κ3) is 4.01. The van der Waals surface area contributed by atoms with Crippen LogP contribution in [0, 0.1) is 20.2 Å². The van der Waals surface area contributed by atoms with Gasteiger partial charge in [-0.3, -0.25) is 20.2 Å². The fourth-order valence-electron chi connectivity index (χ4n) is 3.11. The minimum atomic E-state index is -0.760. The molecule has 25 heavy (non-hydrogen) atoms. The van der Waals surface area contributed by atoms with E-state index in [2.05, 4.69) is 6.08 Å². The van der Waals surface area contributed by atoms with Gasteiger partial charge in [0.1, 0.15) is 5.60 Å². The molecule has 1 fully saturated rings. The van der Waals surface area contributed by atoms with E-state index in [4.69, 9.17) is 4.74 Å². The molecule has 0 spiro atoms. The first-order chi connectivity index (χ1) is 11.9. The summed E-state index contributed by atoms with van der Waals surface area (Å²) >= 11 is 0. The monoisotopic (exact) mass is 346 g/mol. The predicted octanol–water partition coefficient (Wildman–Crippen LogP) is 4.08. The first kappa shape index (κ1) is 17.1. The van der Waals surface area contributed by atoms with E-state index in [0.717, 1.165) is 50.3 Å². The number of rotatable bonds is 6. The van der Waals surface area contributed by atoms with Gasteiger partial charge in [0.15, 0.2) is 0 Å². The molecule has 0 heterocycles. The van der Waals surface area contributed by atoms with Crippen molar-refractivity contribution in [1.82, 2.24) is 0 Å². The van der Waals surface area contributed by atoms with Crippen molar-refractivity contribution in [2.24, 2.45) is 0 Å². The molecule has 0 amide bonds. The number of nitrogens with zero attached hydrogens (tertiary/aromatic N) is 2. The molecule has 2 aliphatic carbocycles. The Morgan fingerprint density at radius 3 is 2.20 bits per heavy atom. The number of benzene rings is 1. The summed E-state index contributed by atoms with van der Waals surface area (Å²) < 4.78 is 5.58. The van der Waals surface area contributed by atoms with E-state index in [1.54, 1.807) is 0 Å². The van der Waals surface area contributed by atoms with Crippen molar-refractivity contribution in [3.8, 4) is 0 Å². The van der Waals surface area contributed by atoms with E-state index < -0.39 is 32.8 Å². The van der Waals surface area contributed by atoms with Crippen LogP contribution in [0.5, 0.6) is 0 Å². The molecule has 8 heteroatoms. The van der Waals surface area contributed by atoms with Gasteiger partial charge in [0.2, 0.25) is 0 Å². The van der Waals surface area contributed by atoms with E-state index >= 15 is 0 Å². The highest BCUT2D eigenvalue weighted by Crippen LogP contribution is 2.46. The Balaban J connectivity index is 1.77. The third-order valence-corrected chi connectivity index (χ3v) is 4.61. The zero-order valence-corrected chi connectivity index (χ0v) is 13.6. The van der Waals surface area contributed by atoms with Crippen molar-refractivity contribution in [2.75, 3.05) is 0 Å². The zero-order chi connectivity index (χ0) is 18.0. The van der Waals surface area contributed by atoms with Crippen LogP contribution in [0.1, 0.15) is 55.3 Å². The average Bonchev–Trinajstić information content (AvgIpc) is 3.34. The van der Waals surface area contributed by atoms with Gasteiger partial charge in [-0.2, -0.15) is 0 Å². The fraction of sp³-hybridized carbons (Fsp3) is 0.471. The molecule has 0 unspecified atom stereocenters. The number of ether oxygens (including phenoxy) is 1. The molecular weight excluding hydrogens is 328 g/mol. The fourth-order valence-corrected chi connectivity index (χ4v) is 3.11. The Bertz CT molecular complexity index is 734. The lowest BCUT2D eigenvalue weighted by molar-refractivity contribution is -0.394. The molecule has 0 aliphatic heterocycles. The first-order valence-corrected chi connectivity index (χ1v) is 8.24. The van der Waals surface area contributed by atoms with Crippen molar-refractivity contribution in [3.63, 3.8) is 0 Å². The van der Waals surface area contributed by atoms with Crippen LogP contribution in [0.15, 0.2) is 29.8 Å². The van der Waals surface area contributed by atoms with E-state index in [-0.39, 0.29) is 5.56 Å². The molecule has 0 atom stereocenters. The molecule has 2 aliphatic rings. The van der Waals surface area contributed by atoms with Crippen molar-refractivity contribution in [1.29, 1.82) is 0 Å². The number of carbonyl (C=O) groups excluding carboxylic acids is 1. The Morgan fingerprint density at radius 2 is 1.72 bits per heavy atom. The SMILES string of the molecule is O=C(OC1(CC2=CCCCC2)CC1)c1cc([N+](=O)[O-])cc([N+](=O)[O-])c1. The minimum absolute atomic E-state index is 0.162. The van der Waals surface area contributed by atoms with Gasteiger partial charge in [0.25, 0.3) is 11.4 Å². The highest BCUT2D eigenvalue weighted by Gasteiger charge is 2.47. The summed E-state index contributed by atoms with van der Waals surface area (Å²) in [5, 5.41) is 21.9. The molecule has 132 valence electrons. The van der Waals surface area contributed by atoms with Gasteiger partial charge in [-0.1, -0.05) is 11.6 Å². The topological polar surface area (TPSA) is 113 Å². The highest BCUT2D eigenvalue weighted by molar-refractivity contribution is 5.91. The molecule has 1 saturated carbocycles. The van der Waals surface area contributed by atoms with Crippen LogP contribution < -0.4 is 0 Å². The van der Waals surface area contributed by atoms with Gasteiger partial charge in [-0.15, -0.1) is 0 Å². The quantitative estimate of drug-likeness (QED) is 0.332. The minimum Gasteiger partial charge on any atom is -0.455 e. The number of esters is 1. The van der Waals surface area contributed by atoms with Gasteiger partial charge in [0.05, 0.1) is 21.5 Å². The number of hydrogen-bond acceptors (Lipinski definition) is 6. The lowest BCUT2D eigenvalue weighted by atomic mass is 9.94. The van der Waals surface area contributed by atoms with Gasteiger partial charge >= 0.3 is 5.97 Å². The lowest BCUT2D eigenvalue weighted by Crippen LogP contribution is -2.21. The Labute approximate surface area is 143 Å². The van der Waals surface area contributed by atoms with Crippen molar-refractivity contribution in [3.05, 3.63) is 55.6 Å². The summed E-state index contributed by atoms with van der Waals surface area (Å²) in [7, 11) is 0. The summed E-state index contributed by atoms with van der Waals surface area (Å²) in [5.74, 6) is -0.749. The summed E-state index contributed by atoms with van der Waals surface area (Å²) in [6.45, 7) is 0. The number of carbonyl (C=O) groups is 1. The number of nitro groups is 2. The Morgan fingerprint density at radius 1 is 1.08 bits per heavy atom. The molecule has 0 aromatic heterocycles. The molecule has 3 rings (SSSR count). The predicted molar refractivity (Wildman–Crippen MR) is 88.3 cm³/mol. The largest absolute Gasteiger partial charge is 0.455 e. The molecular formula is C17H18N2O6. The maximum absolute atomic E-state index is 12.4. The van der Waals surface area contributed by atoms with Crippen LogP contribution in [0.4, 0.5) is 11.4 Å². The van der Waals surface area contributed by atoms with Crippen molar-refractivity contribution < 1.29 is 19.4 Å². The van der Waals surface area contributed by atoms with E-state index in [1.165, 1.54) is 12.0 Å². The van der Waals surface area contributed by atoms with E-state index in [0.29, 0.717) is 6.42 Å². The maximum atomic E-state index is 12.4. The summed E-state index contributed by atoms with van der Waals surface area (Å²) in [5.41, 5.74) is -0.437. The molecule has 0 N–H and O–H groups in total. The van der Waals surface area contributed by atoms with Crippen LogP contribution >= 0.6 is 0 Å². The average molecular weight is 346 g/mol. The number of non-ortho nitro benzene ring substituents is 2. The van der Waals surface area contributed by atoms with Crippen LogP contribution in [0.3, 0.4) is 0 Å². The number of hydrogen-bond donors (Lipinski definition) is 0. The van der Waals surface area contributed by atoms with Crippen molar-refractivity contribution in [2.45, 2.75) is 50.5 Å². The van der Waals surface area contributed by atoms with E-state index in [1.807, 2.05) is 0 Å². The second-order valence-corrected chi connectivity index (χ2v) is 6.61. The first-order valence-electron chi connectivity index (χ1n) is 8.24. The highest BCUT2D eigenvalue weighted by atomic mass is 16.6. The number of allylic oxidation sites excluding steroid dienone is 1. The number of nitro benzene ring substituents is 2. The van der Waals surface area contributed by atoms with Crippen LogP contribution in [0.25, 0.3) is 0 Å². The van der Waals surface area contributed by atoms with Gasteiger partial charge < -0.3 is 4.74 Å². The van der Waals surface area contributed by atoms with Gasteiger partial charge in [0, 0.05) is 18.6 Å². The second kappa shape index (κ2) is 6.62. The molecule has 0 radical (unpaired) electrons. The van der Waals surface area contributed by atoms with Gasteiger partial charge in [-0.25, -0.2) is 4.79 Å². The second-order valence-electron chi connectivity index (χ2n) is 6.61. The summed E-state index contributed by atoms with van der Waals surface area (Å²) in [6, 6.07) is 2.87. The molecule has 1 aromatic carbocycles. The van der Waals surface area contributed by atoms with Crippen LogP contribution in [-0.2, 0) is 4.74 Å². The lowest BCUT2D eigenvalue weighted by Gasteiger charge is -2.20. The Hall–Kier alpha value is -2.77. The summed E-state index contributed by atoms with van der Waals surface area (Å²) in [4.78, 5) is 32.8. The Kier molecular flexibility index (Phi) is 4.52. The third-order valence-electron chi connectivity index (χ3n) is 4.61. The molecule has 1 aromatic rings. The molecule has 0 bridgehead atoms. The zero-order valence-electron chi connectivity index (χ0n) is 13.6. The molecule has 0 saturated heterocycles. The maximum Gasteiger partial charge on any atom is 0.339 e. The van der Waals surface area contributed by atoms with E-state index in [9.17, 15) is 25.0 Å². The molecule has 8 nitrogen and oxygen atoms in total. The smallest absolute Gasteiger partial charge is 0.339 e. The van der Waals surface area contributed by atoms with Crippen molar-refractivity contribution >= 4 is 17.3 Å². The summed E-state index contributed by atoms with van der Waals surface area (Å²) in [6.07, 6.45) is 8.70. The van der Waals surface area contributed by atoms with Gasteiger partial charge in [-0.05, 0) is 38.5 Å². The normalized spacial score (nSPS) is 18.2. The standard InChI is InChI=1S/C17H18N2O6/c20-16(13-8-14(18(21)22)10-15(9-13)19(23)24)25-17(6-7-17)11-12-4-2-1-3-5-12/h4,8-10H,1-3,5-7,11H2. The van der Waals surface area contributed by atoms with Crippen LogP contribution in [-0.4, -0.2) is 21.4 Å². The van der Waals surface area contributed by atoms with Crippen LogP contribution in [0.2, 0.25) is 0 Å².